The number of carbonyl (C=O) groups excluding carboxylic acids is 1. The summed E-state index contributed by atoms with van der Waals surface area (Å²) in [5, 5.41) is 11.2. The van der Waals surface area contributed by atoms with Crippen LogP contribution in [0.1, 0.15) is 24.0 Å². The summed E-state index contributed by atoms with van der Waals surface area (Å²) in [5.41, 5.74) is -0.612. The highest BCUT2D eigenvalue weighted by molar-refractivity contribution is 5.69. The van der Waals surface area contributed by atoms with Gasteiger partial charge in [-0.2, -0.15) is 0 Å². The molecule has 2 aliphatic heterocycles. The average Bonchev–Trinajstić information content (AvgIpc) is 2.72. The Morgan fingerprint density at radius 3 is 2.38 bits per heavy atom. The quantitative estimate of drug-likeness (QED) is 0.703. The van der Waals surface area contributed by atoms with Crippen molar-refractivity contribution in [3.05, 3.63) is 65.5 Å². The number of carbonyl (C=O) groups is 1. The van der Waals surface area contributed by atoms with Crippen molar-refractivity contribution in [1.29, 1.82) is 0 Å². The molecular formula is C22H21F4NO5. The lowest BCUT2D eigenvalue weighted by Gasteiger charge is -2.51. The maximum atomic E-state index is 14.2. The van der Waals surface area contributed by atoms with E-state index in [-0.39, 0.29) is 38.2 Å². The minimum absolute atomic E-state index is 0.0167. The molecule has 10 heteroatoms. The van der Waals surface area contributed by atoms with E-state index in [0.29, 0.717) is 0 Å². The molecule has 1 N–H and O–H groups in total. The van der Waals surface area contributed by atoms with Crippen molar-refractivity contribution >= 4 is 6.09 Å². The molecule has 4 rings (SSSR count). The second kappa shape index (κ2) is 8.59. The first kappa shape index (κ1) is 22.3. The zero-order chi connectivity index (χ0) is 22.9. The molecule has 2 aromatic carbocycles. The lowest BCUT2D eigenvalue weighted by atomic mass is 9.77. The molecule has 0 radical (unpaired) electrons. The summed E-state index contributed by atoms with van der Waals surface area (Å²) in [6, 6.07) is 11.0. The number of halogens is 4. The van der Waals surface area contributed by atoms with Crippen LogP contribution in [0.25, 0.3) is 0 Å². The number of piperidine rings is 1. The number of amides is 1. The van der Waals surface area contributed by atoms with Crippen LogP contribution in [0.2, 0.25) is 0 Å². The lowest BCUT2D eigenvalue weighted by Crippen LogP contribution is -2.62. The van der Waals surface area contributed by atoms with Crippen molar-refractivity contribution in [3.8, 4) is 5.75 Å². The van der Waals surface area contributed by atoms with Crippen molar-refractivity contribution < 1.29 is 41.7 Å². The number of alkyl halides is 3. The Bertz CT molecular complexity index is 955. The third kappa shape index (κ3) is 4.81. The topological polar surface area (TPSA) is 68.2 Å². The maximum absolute atomic E-state index is 14.2. The van der Waals surface area contributed by atoms with E-state index < -0.39 is 41.7 Å². The minimum Gasteiger partial charge on any atom is -0.445 e. The Balaban J connectivity index is 1.48. The molecule has 2 unspecified atom stereocenters. The molecule has 0 saturated carbocycles. The van der Waals surface area contributed by atoms with E-state index in [9.17, 15) is 27.5 Å². The smallest absolute Gasteiger partial charge is 0.445 e. The van der Waals surface area contributed by atoms with Crippen LogP contribution in [0, 0.1) is 5.82 Å². The van der Waals surface area contributed by atoms with Gasteiger partial charge in [-0.3, -0.25) is 4.90 Å². The lowest BCUT2D eigenvalue weighted by molar-refractivity contribution is -0.275. The second-order valence-electron chi connectivity index (χ2n) is 7.93. The van der Waals surface area contributed by atoms with Gasteiger partial charge < -0.3 is 19.3 Å². The van der Waals surface area contributed by atoms with Crippen molar-refractivity contribution in [2.45, 2.75) is 43.5 Å². The third-order valence-corrected chi connectivity index (χ3v) is 5.66. The average molecular weight is 455 g/mol. The highest BCUT2D eigenvalue weighted by Crippen LogP contribution is 2.42. The molecule has 0 aromatic heterocycles. The number of fused-ring (bicyclic) bond motifs is 2. The summed E-state index contributed by atoms with van der Waals surface area (Å²) in [4.78, 5) is 14.3. The number of aliphatic hydroxyl groups is 1. The molecule has 1 amide bonds. The Hall–Kier alpha value is -2.85. The molecule has 2 aliphatic rings. The Labute approximate surface area is 181 Å². The molecule has 2 heterocycles. The van der Waals surface area contributed by atoms with Gasteiger partial charge in [0.05, 0.1) is 30.9 Å². The van der Waals surface area contributed by atoms with Gasteiger partial charge in [-0.05, 0) is 23.3 Å². The summed E-state index contributed by atoms with van der Waals surface area (Å²) in [6.45, 7) is 0.389. The zero-order valence-electron chi connectivity index (χ0n) is 16.8. The van der Waals surface area contributed by atoms with E-state index in [4.69, 9.17) is 9.47 Å². The summed E-state index contributed by atoms with van der Waals surface area (Å²) in [5.74, 6) is -2.21. The monoisotopic (exact) mass is 455 g/mol. The van der Waals surface area contributed by atoms with Crippen LogP contribution in [0.15, 0.2) is 48.5 Å². The maximum Gasteiger partial charge on any atom is 0.573 e. The molecule has 6 nitrogen and oxygen atoms in total. The van der Waals surface area contributed by atoms with Gasteiger partial charge in [-0.15, -0.1) is 13.2 Å². The van der Waals surface area contributed by atoms with E-state index in [1.54, 1.807) is 0 Å². The molecule has 2 bridgehead atoms. The second-order valence-corrected chi connectivity index (χ2v) is 7.93. The van der Waals surface area contributed by atoms with Gasteiger partial charge in [-0.25, -0.2) is 9.18 Å². The number of hydrogen-bond donors (Lipinski definition) is 1. The minimum atomic E-state index is -5.03. The van der Waals surface area contributed by atoms with Crippen LogP contribution in [0.3, 0.4) is 0 Å². The Morgan fingerprint density at radius 1 is 1.12 bits per heavy atom. The number of hydrogen-bond acceptors (Lipinski definition) is 5. The van der Waals surface area contributed by atoms with Crippen molar-refractivity contribution in [2.24, 2.45) is 0 Å². The van der Waals surface area contributed by atoms with Gasteiger partial charge in [0.15, 0.2) is 11.6 Å². The van der Waals surface area contributed by atoms with Crippen LogP contribution in [0.5, 0.6) is 5.75 Å². The van der Waals surface area contributed by atoms with Gasteiger partial charge in [0.1, 0.15) is 6.61 Å². The van der Waals surface area contributed by atoms with Gasteiger partial charge in [-0.1, -0.05) is 36.4 Å². The molecule has 32 heavy (non-hydrogen) atoms. The summed E-state index contributed by atoms with van der Waals surface area (Å²) in [7, 11) is 0. The number of rotatable bonds is 4. The molecular weight excluding hydrogens is 434 g/mol. The van der Waals surface area contributed by atoms with Gasteiger partial charge in [0.25, 0.3) is 0 Å². The van der Waals surface area contributed by atoms with Gasteiger partial charge >= 0.3 is 12.5 Å². The van der Waals surface area contributed by atoms with Crippen LogP contribution in [-0.4, -0.2) is 47.8 Å². The predicted molar refractivity (Wildman–Crippen MR) is 103 cm³/mol. The fraction of sp³-hybridized carbons (Fsp3) is 0.409. The first-order valence-corrected chi connectivity index (χ1v) is 9.99. The van der Waals surface area contributed by atoms with Crippen LogP contribution in [-0.2, 0) is 21.7 Å². The van der Waals surface area contributed by atoms with E-state index in [2.05, 4.69) is 4.74 Å². The molecule has 0 spiro atoms. The van der Waals surface area contributed by atoms with Crippen LogP contribution >= 0.6 is 0 Å². The van der Waals surface area contributed by atoms with Crippen molar-refractivity contribution in [1.82, 2.24) is 4.90 Å². The number of ether oxygens (including phenoxy) is 3. The fourth-order valence-corrected chi connectivity index (χ4v) is 4.30. The standard InChI is InChI=1S/C22H21F4NO5/c23-18-8-15(6-7-19(18)32-22(24,25)26)21(29)9-16-12-30-13-17(10-21)27(16)20(28)31-11-14-4-2-1-3-5-14/h1-8,16-17,29H,9-13H2. The predicted octanol–water partition coefficient (Wildman–Crippen LogP) is 4.11. The Morgan fingerprint density at radius 2 is 1.78 bits per heavy atom. The van der Waals surface area contributed by atoms with E-state index >= 15 is 0 Å². The zero-order valence-corrected chi connectivity index (χ0v) is 16.8. The third-order valence-electron chi connectivity index (χ3n) is 5.66. The van der Waals surface area contributed by atoms with E-state index in [1.165, 1.54) is 11.0 Å². The molecule has 2 atom stereocenters. The first-order chi connectivity index (χ1) is 15.1. The molecule has 2 fully saturated rings. The first-order valence-electron chi connectivity index (χ1n) is 9.99. The molecule has 2 saturated heterocycles. The van der Waals surface area contributed by atoms with E-state index in [0.717, 1.165) is 17.7 Å². The van der Waals surface area contributed by atoms with Gasteiger partial charge in [0.2, 0.25) is 0 Å². The highest BCUT2D eigenvalue weighted by atomic mass is 19.4. The van der Waals surface area contributed by atoms with E-state index in [1.807, 2.05) is 30.3 Å². The summed E-state index contributed by atoms with van der Waals surface area (Å²) >= 11 is 0. The molecule has 2 aromatic rings. The largest absolute Gasteiger partial charge is 0.573 e. The normalized spacial score (nSPS) is 25.3. The highest BCUT2D eigenvalue weighted by Gasteiger charge is 2.49. The molecule has 172 valence electrons. The number of morpholine rings is 1. The van der Waals surface area contributed by atoms with Crippen LogP contribution in [0.4, 0.5) is 22.4 Å². The summed E-state index contributed by atoms with van der Waals surface area (Å²) in [6.07, 6.45) is -5.54. The number of nitrogens with zero attached hydrogens (tertiary/aromatic N) is 1. The SMILES string of the molecule is O=C(OCc1ccccc1)N1C2COCC1CC(O)(c1ccc(OC(F)(F)F)c(F)c1)C2. The fourth-order valence-electron chi connectivity index (χ4n) is 4.30. The van der Waals surface area contributed by atoms with Crippen molar-refractivity contribution in [3.63, 3.8) is 0 Å². The Kier molecular flexibility index (Phi) is 6.00. The number of benzene rings is 2. The van der Waals surface area contributed by atoms with Crippen molar-refractivity contribution in [2.75, 3.05) is 13.2 Å². The van der Waals surface area contributed by atoms with Crippen LogP contribution < -0.4 is 4.74 Å². The molecule has 0 aliphatic carbocycles. The summed E-state index contributed by atoms with van der Waals surface area (Å²) < 4.78 is 66.0. The van der Waals surface area contributed by atoms with Gasteiger partial charge in [0, 0.05) is 12.8 Å².